The molecule has 2 aromatic rings. The topological polar surface area (TPSA) is 78.5 Å². The maximum Gasteiger partial charge on any atom is 0.263 e. The van der Waals surface area contributed by atoms with Gasteiger partial charge in [0.2, 0.25) is 5.91 Å². The van der Waals surface area contributed by atoms with E-state index in [0.717, 1.165) is 6.42 Å². The molecule has 1 saturated heterocycles. The van der Waals surface area contributed by atoms with Crippen molar-refractivity contribution in [2.24, 2.45) is 5.92 Å². The van der Waals surface area contributed by atoms with Gasteiger partial charge in [0.25, 0.3) is 11.8 Å². The molecule has 1 aliphatic heterocycles. The number of nitrogens with zero attached hydrogens (tertiary/aromatic N) is 1. The molecule has 1 atom stereocenters. The minimum atomic E-state index is -0.701. The van der Waals surface area contributed by atoms with Gasteiger partial charge in [-0.1, -0.05) is 13.0 Å². The van der Waals surface area contributed by atoms with Crippen LogP contribution in [0.5, 0.6) is 0 Å². The summed E-state index contributed by atoms with van der Waals surface area (Å²) >= 11 is 1.41. The van der Waals surface area contributed by atoms with Crippen LogP contribution in [-0.2, 0) is 4.79 Å². The molecule has 30 heavy (non-hydrogen) atoms. The summed E-state index contributed by atoms with van der Waals surface area (Å²) in [5.41, 5.74) is 0.301. The van der Waals surface area contributed by atoms with Gasteiger partial charge in [-0.3, -0.25) is 14.4 Å². The monoisotopic (exact) mass is 431 g/mol. The number of likely N-dealkylation sites (tertiary alicyclic amines) is 1. The van der Waals surface area contributed by atoms with Crippen LogP contribution in [0.3, 0.4) is 0 Å². The summed E-state index contributed by atoms with van der Waals surface area (Å²) < 4.78 is 13.1. The molecule has 1 fully saturated rings. The van der Waals surface area contributed by atoms with Crippen molar-refractivity contribution in [3.63, 3.8) is 0 Å². The molecule has 0 saturated carbocycles. The van der Waals surface area contributed by atoms with Crippen molar-refractivity contribution in [3.8, 4) is 0 Å². The Kier molecular flexibility index (Phi) is 7.57. The van der Waals surface area contributed by atoms with Gasteiger partial charge >= 0.3 is 0 Å². The van der Waals surface area contributed by atoms with Crippen LogP contribution in [0.1, 0.15) is 46.2 Å². The van der Waals surface area contributed by atoms with Crippen molar-refractivity contribution >= 4 is 29.1 Å². The summed E-state index contributed by atoms with van der Waals surface area (Å²) in [5, 5.41) is 7.56. The first kappa shape index (κ1) is 22.0. The van der Waals surface area contributed by atoms with Gasteiger partial charge in [0, 0.05) is 25.2 Å². The average molecular weight is 432 g/mol. The van der Waals surface area contributed by atoms with Crippen LogP contribution < -0.4 is 10.6 Å². The van der Waals surface area contributed by atoms with E-state index in [1.165, 1.54) is 35.6 Å². The molecule has 0 radical (unpaired) electrons. The first-order valence-corrected chi connectivity index (χ1v) is 11.0. The van der Waals surface area contributed by atoms with Crippen molar-refractivity contribution in [1.29, 1.82) is 0 Å². The smallest absolute Gasteiger partial charge is 0.263 e. The number of thiophene rings is 1. The van der Waals surface area contributed by atoms with Crippen LogP contribution in [0.2, 0.25) is 0 Å². The predicted molar refractivity (Wildman–Crippen MR) is 114 cm³/mol. The Balaban J connectivity index is 1.66. The lowest BCUT2D eigenvalue weighted by atomic mass is 9.88. The van der Waals surface area contributed by atoms with Gasteiger partial charge < -0.3 is 15.5 Å². The molecule has 0 aliphatic carbocycles. The number of nitrogens with one attached hydrogen (secondary N) is 2. The Morgan fingerprint density at radius 1 is 1.17 bits per heavy atom. The number of halogens is 1. The van der Waals surface area contributed by atoms with Crippen LogP contribution in [0.15, 0.2) is 41.8 Å². The lowest BCUT2D eigenvalue weighted by Gasteiger charge is -2.35. The predicted octanol–water partition coefficient (Wildman–Crippen LogP) is 3.06. The third kappa shape index (κ3) is 5.44. The van der Waals surface area contributed by atoms with E-state index in [1.54, 1.807) is 4.90 Å². The highest BCUT2D eigenvalue weighted by Gasteiger charge is 2.34. The Morgan fingerprint density at radius 3 is 2.47 bits per heavy atom. The number of hydrogen-bond donors (Lipinski definition) is 2. The lowest BCUT2D eigenvalue weighted by Crippen LogP contribution is -2.54. The summed E-state index contributed by atoms with van der Waals surface area (Å²) in [7, 11) is 0. The molecule has 0 spiro atoms. The number of carbonyl (C=O) groups is 3. The fourth-order valence-corrected chi connectivity index (χ4v) is 4.26. The number of amides is 3. The number of carbonyl (C=O) groups excluding carboxylic acids is 3. The van der Waals surface area contributed by atoms with E-state index in [9.17, 15) is 18.8 Å². The van der Waals surface area contributed by atoms with Crippen LogP contribution in [0.25, 0.3) is 0 Å². The van der Waals surface area contributed by atoms with Gasteiger partial charge in [0.15, 0.2) is 0 Å². The second-order valence-corrected chi connectivity index (χ2v) is 8.30. The number of rotatable bonds is 7. The molecule has 0 unspecified atom stereocenters. The highest BCUT2D eigenvalue weighted by molar-refractivity contribution is 7.12. The molecule has 6 nitrogen and oxygen atoms in total. The summed E-state index contributed by atoms with van der Waals surface area (Å²) in [6.45, 7) is 3.55. The average Bonchev–Trinajstić information content (AvgIpc) is 3.31. The van der Waals surface area contributed by atoms with Gasteiger partial charge in [-0.25, -0.2) is 4.39 Å². The molecular formula is C22H26FN3O3S. The fraction of sp³-hybridized carbons (Fsp3) is 0.409. The van der Waals surface area contributed by atoms with Gasteiger partial charge in [-0.2, -0.15) is 0 Å². The highest BCUT2D eigenvalue weighted by Crippen LogP contribution is 2.24. The van der Waals surface area contributed by atoms with Crippen molar-refractivity contribution in [3.05, 3.63) is 58.0 Å². The van der Waals surface area contributed by atoms with Crippen molar-refractivity contribution in [1.82, 2.24) is 15.5 Å². The van der Waals surface area contributed by atoms with Crippen LogP contribution in [0.4, 0.5) is 4.39 Å². The highest BCUT2D eigenvalue weighted by atomic mass is 32.1. The van der Waals surface area contributed by atoms with Gasteiger partial charge in [0.1, 0.15) is 11.9 Å². The van der Waals surface area contributed by atoms with E-state index in [-0.39, 0.29) is 17.7 Å². The molecular weight excluding hydrogens is 405 g/mol. The van der Waals surface area contributed by atoms with Crippen LogP contribution >= 0.6 is 11.3 Å². The largest absolute Gasteiger partial charge is 0.354 e. The Labute approximate surface area is 179 Å². The zero-order valence-corrected chi connectivity index (χ0v) is 17.7. The first-order chi connectivity index (χ1) is 14.5. The van der Waals surface area contributed by atoms with E-state index in [1.807, 2.05) is 24.4 Å². The molecule has 8 heteroatoms. The minimum Gasteiger partial charge on any atom is -0.354 e. The number of benzene rings is 1. The zero-order valence-electron chi connectivity index (χ0n) is 16.9. The van der Waals surface area contributed by atoms with Crippen molar-refractivity contribution < 1.29 is 18.8 Å². The molecule has 160 valence electrons. The van der Waals surface area contributed by atoms with E-state index in [2.05, 4.69) is 10.6 Å². The van der Waals surface area contributed by atoms with E-state index in [4.69, 9.17) is 0 Å². The van der Waals surface area contributed by atoms with Gasteiger partial charge in [0.05, 0.1) is 4.88 Å². The van der Waals surface area contributed by atoms with Crippen LogP contribution in [-0.4, -0.2) is 48.3 Å². The zero-order chi connectivity index (χ0) is 21.5. The lowest BCUT2D eigenvalue weighted by molar-refractivity contribution is -0.124. The molecule has 2 N–H and O–H groups in total. The van der Waals surface area contributed by atoms with Crippen molar-refractivity contribution in [2.45, 2.75) is 32.2 Å². The minimum absolute atomic E-state index is 0.00535. The maximum atomic E-state index is 13.1. The molecule has 0 bridgehead atoms. The summed E-state index contributed by atoms with van der Waals surface area (Å²) in [5.74, 6) is -1.14. The number of hydrogen-bond acceptors (Lipinski definition) is 4. The van der Waals surface area contributed by atoms with Crippen molar-refractivity contribution in [2.75, 3.05) is 19.6 Å². The summed E-state index contributed by atoms with van der Waals surface area (Å²) in [4.78, 5) is 40.5. The fourth-order valence-electron chi connectivity index (χ4n) is 3.57. The molecule has 1 aromatic carbocycles. The summed E-state index contributed by atoms with van der Waals surface area (Å²) in [6.07, 6.45) is 2.02. The second kappa shape index (κ2) is 10.3. The van der Waals surface area contributed by atoms with Gasteiger partial charge in [-0.05, 0) is 60.9 Å². The molecule has 2 heterocycles. The first-order valence-electron chi connectivity index (χ1n) is 10.2. The quantitative estimate of drug-likeness (QED) is 0.707. The Hall–Kier alpha value is -2.74. The second-order valence-electron chi connectivity index (χ2n) is 7.36. The van der Waals surface area contributed by atoms with E-state index < -0.39 is 17.8 Å². The standard InChI is InChI=1S/C22H26FN3O3S/c1-2-11-24-21(28)19(25-20(27)16-5-7-17(23)8-6-16)15-9-12-26(13-10-15)22(29)18-4-3-14-30-18/h3-8,14-15,19H,2,9-13H2,1H3,(H,24,28)(H,25,27)/t19-/m1/s1. The third-order valence-electron chi connectivity index (χ3n) is 5.25. The Bertz CT molecular complexity index is 862. The summed E-state index contributed by atoms with van der Waals surface area (Å²) in [6, 6.07) is 8.19. The van der Waals surface area contributed by atoms with E-state index >= 15 is 0 Å². The molecule has 3 rings (SSSR count). The number of piperidine rings is 1. The molecule has 3 amide bonds. The Morgan fingerprint density at radius 2 is 1.87 bits per heavy atom. The maximum absolute atomic E-state index is 13.1. The normalized spacial score (nSPS) is 15.5. The molecule has 1 aliphatic rings. The SMILES string of the molecule is CCCNC(=O)[C@H](NC(=O)c1ccc(F)cc1)C1CCN(C(=O)c2cccs2)CC1. The van der Waals surface area contributed by atoms with Gasteiger partial charge in [-0.15, -0.1) is 11.3 Å². The van der Waals surface area contributed by atoms with Crippen LogP contribution in [0, 0.1) is 11.7 Å². The third-order valence-corrected chi connectivity index (χ3v) is 6.11. The van der Waals surface area contributed by atoms with E-state index in [0.29, 0.717) is 42.9 Å². The molecule has 1 aromatic heterocycles.